The van der Waals surface area contributed by atoms with E-state index in [0.717, 1.165) is 5.69 Å². The Morgan fingerprint density at radius 1 is 1.35 bits per heavy atom. The highest BCUT2D eigenvalue weighted by Gasteiger charge is 2.21. The molecule has 0 atom stereocenters. The van der Waals surface area contributed by atoms with Crippen molar-refractivity contribution in [2.75, 3.05) is 0 Å². The van der Waals surface area contributed by atoms with Gasteiger partial charge in [0.05, 0.1) is 18.4 Å². The number of aliphatic carboxylic acids is 1. The number of carboxylic acids is 1. The monoisotopic (exact) mass is 320 g/mol. The number of nitrogens with one attached hydrogen (secondary N) is 1. The molecule has 2 aromatic heterocycles. The van der Waals surface area contributed by atoms with Gasteiger partial charge in [-0.15, -0.1) is 5.10 Å². The summed E-state index contributed by atoms with van der Waals surface area (Å²) in [4.78, 5) is 22.8. The molecular weight excluding hydrogens is 300 g/mol. The molecule has 0 radical (unpaired) electrons. The van der Waals surface area contributed by atoms with Crippen LogP contribution in [0.2, 0.25) is 0 Å². The summed E-state index contributed by atoms with van der Waals surface area (Å²) in [6, 6.07) is 1.76. The molecule has 9 nitrogen and oxygen atoms in total. The van der Waals surface area contributed by atoms with Gasteiger partial charge in [-0.3, -0.25) is 14.3 Å². The number of aryl methyl sites for hydroxylation is 1. The first-order valence-electron chi connectivity index (χ1n) is 7.10. The molecule has 0 saturated heterocycles. The first-order chi connectivity index (χ1) is 10.7. The van der Waals surface area contributed by atoms with Crippen molar-refractivity contribution in [3.05, 3.63) is 29.3 Å². The quantitative estimate of drug-likeness (QED) is 0.820. The van der Waals surface area contributed by atoms with E-state index in [2.05, 4.69) is 20.7 Å². The molecule has 2 heterocycles. The zero-order valence-electron chi connectivity index (χ0n) is 13.6. The molecular formula is C14H20N6O3. The van der Waals surface area contributed by atoms with E-state index < -0.39 is 5.97 Å². The first kappa shape index (κ1) is 16.7. The molecule has 0 spiro atoms. The van der Waals surface area contributed by atoms with Gasteiger partial charge >= 0.3 is 5.97 Å². The standard InChI is InChI=1S/C14H20N6O3/c1-14(2,3)11-5-10(19(4)17-11)13(23)15-6-9-7-20(18-16-9)8-12(21)22/h5,7H,6,8H2,1-4H3,(H,15,23)(H,21,22). The van der Waals surface area contributed by atoms with Crippen LogP contribution in [-0.2, 0) is 30.3 Å². The predicted octanol–water partition coefficient (Wildman–Crippen LogP) is 0.324. The van der Waals surface area contributed by atoms with Crippen LogP contribution in [0.25, 0.3) is 0 Å². The van der Waals surface area contributed by atoms with Gasteiger partial charge in [0.25, 0.3) is 5.91 Å². The second-order valence-corrected chi connectivity index (χ2v) is 6.27. The maximum atomic E-state index is 12.2. The third-order valence-electron chi connectivity index (χ3n) is 3.19. The van der Waals surface area contributed by atoms with Crippen LogP contribution < -0.4 is 5.32 Å². The Labute approximate surface area is 133 Å². The van der Waals surface area contributed by atoms with E-state index in [0.29, 0.717) is 11.4 Å². The Morgan fingerprint density at radius 3 is 2.61 bits per heavy atom. The van der Waals surface area contributed by atoms with Crippen LogP contribution in [-0.4, -0.2) is 41.8 Å². The van der Waals surface area contributed by atoms with Gasteiger partial charge in [-0.05, 0) is 6.07 Å². The molecule has 0 aliphatic carbocycles. The number of carboxylic acid groups (broad SMARTS) is 1. The van der Waals surface area contributed by atoms with Crippen LogP contribution in [0.3, 0.4) is 0 Å². The third-order valence-corrected chi connectivity index (χ3v) is 3.19. The van der Waals surface area contributed by atoms with Crippen molar-refractivity contribution in [3.8, 4) is 0 Å². The van der Waals surface area contributed by atoms with Crippen LogP contribution in [0.15, 0.2) is 12.3 Å². The molecule has 0 aromatic carbocycles. The average Bonchev–Trinajstić information content (AvgIpc) is 3.01. The molecule has 2 N–H and O–H groups in total. The SMILES string of the molecule is Cn1nc(C(C)(C)C)cc1C(=O)NCc1cn(CC(=O)O)nn1. The minimum atomic E-state index is -1.00. The summed E-state index contributed by atoms with van der Waals surface area (Å²) in [7, 11) is 1.72. The molecule has 124 valence electrons. The number of nitrogens with zero attached hydrogens (tertiary/aromatic N) is 5. The van der Waals surface area contributed by atoms with Crippen molar-refractivity contribution >= 4 is 11.9 Å². The first-order valence-corrected chi connectivity index (χ1v) is 7.10. The fourth-order valence-electron chi connectivity index (χ4n) is 1.94. The Balaban J connectivity index is 2.01. The second-order valence-electron chi connectivity index (χ2n) is 6.27. The number of hydrogen-bond donors (Lipinski definition) is 2. The summed E-state index contributed by atoms with van der Waals surface area (Å²) in [6.45, 7) is 5.97. The van der Waals surface area contributed by atoms with Crippen molar-refractivity contribution < 1.29 is 14.7 Å². The molecule has 9 heteroatoms. The third kappa shape index (κ3) is 4.15. The van der Waals surface area contributed by atoms with E-state index in [1.807, 2.05) is 20.8 Å². The summed E-state index contributed by atoms with van der Waals surface area (Å²) in [5, 5.41) is 23.2. The lowest BCUT2D eigenvalue weighted by molar-refractivity contribution is -0.137. The van der Waals surface area contributed by atoms with E-state index in [1.165, 1.54) is 15.6 Å². The molecule has 2 aromatic rings. The van der Waals surface area contributed by atoms with Gasteiger partial charge in [-0.1, -0.05) is 26.0 Å². The molecule has 23 heavy (non-hydrogen) atoms. The summed E-state index contributed by atoms with van der Waals surface area (Å²) in [5.74, 6) is -1.28. The van der Waals surface area contributed by atoms with Crippen molar-refractivity contribution in [2.24, 2.45) is 7.05 Å². The van der Waals surface area contributed by atoms with Gasteiger partial charge < -0.3 is 10.4 Å². The fourth-order valence-corrected chi connectivity index (χ4v) is 1.94. The Kier molecular flexibility index (Phi) is 4.48. The van der Waals surface area contributed by atoms with Gasteiger partial charge in [0, 0.05) is 12.5 Å². The van der Waals surface area contributed by atoms with Gasteiger partial charge in [0.15, 0.2) is 0 Å². The summed E-state index contributed by atoms with van der Waals surface area (Å²) >= 11 is 0. The largest absolute Gasteiger partial charge is 0.480 e. The van der Waals surface area contributed by atoms with E-state index in [4.69, 9.17) is 5.11 Å². The highest BCUT2D eigenvalue weighted by atomic mass is 16.4. The lowest BCUT2D eigenvalue weighted by atomic mass is 9.92. The van der Waals surface area contributed by atoms with E-state index in [-0.39, 0.29) is 24.4 Å². The Bertz CT molecular complexity index is 725. The second kappa shape index (κ2) is 6.19. The molecule has 2 rings (SSSR count). The maximum Gasteiger partial charge on any atom is 0.325 e. The van der Waals surface area contributed by atoms with E-state index >= 15 is 0 Å². The van der Waals surface area contributed by atoms with E-state index in [9.17, 15) is 9.59 Å². The average molecular weight is 320 g/mol. The van der Waals surface area contributed by atoms with Crippen LogP contribution in [0.5, 0.6) is 0 Å². The van der Waals surface area contributed by atoms with Crippen molar-refractivity contribution in [3.63, 3.8) is 0 Å². The number of amides is 1. The molecule has 0 fully saturated rings. The number of carbonyl (C=O) groups is 2. The van der Waals surface area contributed by atoms with Crippen LogP contribution >= 0.6 is 0 Å². The molecule has 0 bridgehead atoms. The molecule has 0 aliphatic rings. The van der Waals surface area contributed by atoms with Crippen LogP contribution in [0.4, 0.5) is 0 Å². The minimum absolute atomic E-state index is 0.143. The zero-order chi connectivity index (χ0) is 17.2. The Morgan fingerprint density at radius 2 is 2.04 bits per heavy atom. The fraction of sp³-hybridized carbons (Fsp3) is 0.500. The van der Waals surface area contributed by atoms with Gasteiger partial charge in [0.1, 0.15) is 17.9 Å². The topological polar surface area (TPSA) is 115 Å². The van der Waals surface area contributed by atoms with Crippen molar-refractivity contribution in [1.82, 2.24) is 30.1 Å². The molecule has 0 unspecified atom stereocenters. The lowest BCUT2D eigenvalue weighted by Crippen LogP contribution is -2.25. The number of hydrogen-bond acceptors (Lipinski definition) is 5. The zero-order valence-corrected chi connectivity index (χ0v) is 13.6. The number of carbonyl (C=O) groups excluding carboxylic acids is 1. The summed E-state index contributed by atoms with van der Waals surface area (Å²) in [5.41, 5.74) is 1.62. The van der Waals surface area contributed by atoms with Crippen LogP contribution in [0, 0.1) is 0 Å². The minimum Gasteiger partial charge on any atom is -0.480 e. The van der Waals surface area contributed by atoms with Crippen molar-refractivity contribution in [2.45, 2.75) is 39.3 Å². The maximum absolute atomic E-state index is 12.2. The molecule has 0 saturated carbocycles. The smallest absolute Gasteiger partial charge is 0.325 e. The lowest BCUT2D eigenvalue weighted by Gasteiger charge is -2.13. The summed E-state index contributed by atoms with van der Waals surface area (Å²) < 4.78 is 2.74. The van der Waals surface area contributed by atoms with Gasteiger partial charge in [-0.25, -0.2) is 4.68 Å². The van der Waals surface area contributed by atoms with Crippen molar-refractivity contribution in [1.29, 1.82) is 0 Å². The van der Waals surface area contributed by atoms with E-state index in [1.54, 1.807) is 13.1 Å². The molecule has 1 amide bonds. The molecule has 0 aliphatic heterocycles. The highest BCUT2D eigenvalue weighted by molar-refractivity contribution is 5.92. The number of rotatable bonds is 5. The summed E-state index contributed by atoms with van der Waals surface area (Å²) in [6.07, 6.45) is 1.48. The number of aromatic nitrogens is 5. The predicted molar refractivity (Wildman–Crippen MR) is 80.7 cm³/mol. The van der Waals surface area contributed by atoms with Crippen LogP contribution in [0.1, 0.15) is 42.6 Å². The highest BCUT2D eigenvalue weighted by Crippen LogP contribution is 2.21. The normalized spacial score (nSPS) is 11.5. The van der Waals surface area contributed by atoms with Gasteiger partial charge in [-0.2, -0.15) is 5.10 Å². The van der Waals surface area contributed by atoms with Gasteiger partial charge in [0.2, 0.25) is 0 Å². The Hall–Kier alpha value is -2.71.